The first-order valence-corrected chi connectivity index (χ1v) is 6.61. The summed E-state index contributed by atoms with van der Waals surface area (Å²) in [5.41, 5.74) is 2.83. The van der Waals surface area contributed by atoms with E-state index in [1.165, 1.54) is 9.75 Å². The minimum atomic E-state index is 0.154. The van der Waals surface area contributed by atoms with E-state index >= 15 is 0 Å². The van der Waals surface area contributed by atoms with Crippen LogP contribution in [0.2, 0.25) is 4.34 Å². The minimum Gasteiger partial charge on any atom is -0.271 e. The van der Waals surface area contributed by atoms with Gasteiger partial charge in [0, 0.05) is 16.2 Å². The zero-order valence-corrected chi connectivity index (χ0v) is 10.3. The van der Waals surface area contributed by atoms with E-state index in [0.29, 0.717) is 0 Å². The van der Waals surface area contributed by atoms with Crippen molar-refractivity contribution in [2.24, 2.45) is 5.84 Å². The molecule has 15 heavy (non-hydrogen) atoms. The van der Waals surface area contributed by atoms with Gasteiger partial charge in [0.05, 0.1) is 10.4 Å². The molecule has 0 fully saturated rings. The maximum atomic E-state index is 5.90. The van der Waals surface area contributed by atoms with Gasteiger partial charge in [0.1, 0.15) is 0 Å². The van der Waals surface area contributed by atoms with Crippen LogP contribution in [-0.4, -0.2) is 0 Å². The molecule has 0 aliphatic rings. The van der Waals surface area contributed by atoms with Crippen LogP contribution in [0.15, 0.2) is 29.6 Å². The van der Waals surface area contributed by atoms with Crippen LogP contribution in [0.25, 0.3) is 0 Å². The van der Waals surface area contributed by atoms with Gasteiger partial charge < -0.3 is 0 Å². The molecule has 0 spiro atoms. The van der Waals surface area contributed by atoms with Crippen LogP contribution in [0, 0.1) is 0 Å². The van der Waals surface area contributed by atoms with Crippen LogP contribution < -0.4 is 11.3 Å². The Hall–Kier alpha value is -0.390. The number of hydrogen-bond acceptors (Lipinski definition) is 4. The standard InChI is InChI=1S/C10H11ClN2S2/c11-10-4-3-9(15-10)8(13-12)6-7-2-1-5-14-7/h1-5,8,13H,6,12H2. The molecule has 1 atom stereocenters. The molecule has 0 aliphatic carbocycles. The van der Waals surface area contributed by atoms with Crippen molar-refractivity contribution in [1.82, 2.24) is 5.43 Å². The molecule has 2 heterocycles. The first-order chi connectivity index (χ1) is 7.29. The predicted molar refractivity (Wildman–Crippen MR) is 67.4 cm³/mol. The van der Waals surface area contributed by atoms with Crippen molar-refractivity contribution < 1.29 is 0 Å². The summed E-state index contributed by atoms with van der Waals surface area (Å²) in [6.07, 6.45) is 0.908. The van der Waals surface area contributed by atoms with Gasteiger partial charge in [-0.05, 0) is 23.6 Å². The van der Waals surface area contributed by atoms with Crippen molar-refractivity contribution in [1.29, 1.82) is 0 Å². The fourth-order valence-electron chi connectivity index (χ4n) is 1.39. The van der Waals surface area contributed by atoms with Gasteiger partial charge in [-0.2, -0.15) is 0 Å². The quantitative estimate of drug-likeness (QED) is 0.653. The molecule has 2 aromatic rings. The zero-order valence-electron chi connectivity index (χ0n) is 7.94. The van der Waals surface area contributed by atoms with E-state index < -0.39 is 0 Å². The summed E-state index contributed by atoms with van der Waals surface area (Å²) in [5.74, 6) is 5.55. The summed E-state index contributed by atoms with van der Waals surface area (Å²) >= 11 is 9.21. The van der Waals surface area contributed by atoms with Gasteiger partial charge in [0.15, 0.2) is 0 Å². The Morgan fingerprint density at radius 3 is 2.80 bits per heavy atom. The molecule has 0 aromatic carbocycles. The van der Waals surface area contributed by atoms with E-state index in [9.17, 15) is 0 Å². The first-order valence-electron chi connectivity index (χ1n) is 4.53. The average Bonchev–Trinajstić information content (AvgIpc) is 2.85. The van der Waals surface area contributed by atoms with E-state index in [-0.39, 0.29) is 6.04 Å². The van der Waals surface area contributed by atoms with Crippen molar-refractivity contribution in [3.63, 3.8) is 0 Å². The lowest BCUT2D eigenvalue weighted by molar-refractivity contribution is 0.564. The van der Waals surface area contributed by atoms with Crippen LogP contribution in [-0.2, 0) is 6.42 Å². The average molecular weight is 259 g/mol. The van der Waals surface area contributed by atoms with Crippen LogP contribution in [0.1, 0.15) is 15.8 Å². The zero-order chi connectivity index (χ0) is 10.7. The summed E-state index contributed by atoms with van der Waals surface area (Å²) in [6.45, 7) is 0. The smallest absolute Gasteiger partial charge is 0.0931 e. The highest BCUT2D eigenvalue weighted by molar-refractivity contribution is 7.16. The van der Waals surface area contributed by atoms with E-state index in [1.54, 1.807) is 22.7 Å². The van der Waals surface area contributed by atoms with Crippen LogP contribution >= 0.6 is 34.3 Å². The molecule has 3 N–H and O–H groups in total. The van der Waals surface area contributed by atoms with E-state index in [4.69, 9.17) is 17.4 Å². The van der Waals surface area contributed by atoms with Gasteiger partial charge in [-0.1, -0.05) is 17.7 Å². The highest BCUT2D eigenvalue weighted by Crippen LogP contribution is 2.29. The fourth-order valence-corrected chi connectivity index (χ4v) is 3.26. The van der Waals surface area contributed by atoms with Gasteiger partial charge in [0.2, 0.25) is 0 Å². The first kappa shape index (κ1) is 11.1. The van der Waals surface area contributed by atoms with Crippen molar-refractivity contribution in [3.8, 4) is 0 Å². The Bertz CT molecular complexity index is 411. The summed E-state index contributed by atoms with van der Waals surface area (Å²) in [4.78, 5) is 2.50. The summed E-state index contributed by atoms with van der Waals surface area (Å²) in [6, 6.07) is 8.24. The SMILES string of the molecule is NNC(Cc1cccs1)c1ccc(Cl)s1. The van der Waals surface area contributed by atoms with E-state index in [1.807, 2.05) is 12.1 Å². The van der Waals surface area contributed by atoms with Crippen LogP contribution in [0.4, 0.5) is 0 Å². The van der Waals surface area contributed by atoms with Crippen molar-refractivity contribution >= 4 is 34.3 Å². The highest BCUT2D eigenvalue weighted by Gasteiger charge is 2.13. The molecule has 0 saturated carbocycles. The number of nitrogens with two attached hydrogens (primary N) is 1. The lowest BCUT2D eigenvalue weighted by Gasteiger charge is -2.12. The molecule has 0 bridgehead atoms. The molecule has 0 aliphatic heterocycles. The largest absolute Gasteiger partial charge is 0.271 e. The van der Waals surface area contributed by atoms with Gasteiger partial charge in [0.25, 0.3) is 0 Å². The second kappa shape index (κ2) is 5.09. The second-order valence-electron chi connectivity index (χ2n) is 3.14. The minimum absolute atomic E-state index is 0.154. The second-order valence-corrected chi connectivity index (χ2v) is 5.92. The molecule has 2 nitrogen and oxygen atoms in total. The predicted octanol–water partition coefficient (Wildman–Crippen LogP) is 3.21. The lowest BCUT2D eigenvalue weighted by Crippen LogP contribution is -2.28. The molecule has 1 unspecified atom stereocenters. The van der Waals surface area contributed by atoms with Gasteiger partial charge in [-0.25, -0.2) is 0 Å². The Morgan fingerprint density at radius 1 is 1.40 bits per heavy atom. The van der Waals surface area contributed by atoms with Crippen molar-refractivity contribution in [2.45, 2.75) is 12.5 Å². The van der Waals surface area contributed by atoms with Crippen molar-refractivity contribution in [2.75, 3.05) is 0 Å². The Morgan fingerprint density at radius 2 is 2.27 bits per heavy atom. The number of hydrazine groups is 1. The van der Waals surface area contributed by atoms with Crippen molar-refractivity contribution in [3.05, 3.63) is 43.7 Å². The molecule has 2 rings (SSSR count). The Kier molecular flexibility index (Phi) is 3.77. The number of nitrogens with one attached hydrogen (secondary N) is 1. The molecule has 0 saturated heterocycles. The third-order valence-corrected chi connectivity index (χ3v) is 4.37. The Labute approximate surface area is 102 Å². The summed E-state index contributed by atoms with van der Waals surface area (Å²) in [5, 5.41) is 2.07. The van der Waals surface area contributed by atoms with Crippen LogP contribution in [0.3, 0.4) is 0 Å². The normalized spacial score (nSPS) is 12.9. The highest BCUT2D eigenvalue weighted by atomic mass is 35.5. The number of rotatable bonds is 4. The monoisotopic (exact) mass is 258 g/mol. The molecule has 80 valence electrons. The van der Waals surface area contributed by atoms with Gasteiger partial charge in [-0.15, -0.1) is 22.7 Å². The third kappa shape index (κ3) is 2.80. The topological polar surface area (TPSA) is 38.0 Å². The van der Waals surface area contributed by atoms with Gasteiger partial charge in [-0.3, -0.25) is 11.3 Å². The third-order valence-electron chi connectivity index (χ3n) is 2.12. The number of hydrogen-bond donors (Lipinski definition) is 2. The number of thiophene rings is 2. The van der Waals surface area contributed by atoms with E-state index in [0.717, 1.165) is 10.8 Å². The van der Waals surface area contributed by atoms with Crippen LogP contribution in [0.5, 0.6) is 0 Å². The molecule has 0 amide bonds. The number of halogens is 1. The maximum absolute atomic E-state index is 5.90. The molecular weight excluding hydrogens is 248 g/mol. The lowest BCUT2D eigenvalue weighted by atomic mass is 10.1. The van der Waals surface area contributed by atoms with Gasteiger partial charge >= 0.3 is 0 Å². The molecular formula is C10H11ClN2S2. The maximum Gasteiger partial charge on any atom is 0.0931 e. The Balaban J connectivity index is 2.11. The summed E-state index contributed by atoms with van der Waals surface area (Å²) < 4.78 is 0.802. The molecule has 2 aromatic heterocycles. The fraction of sp³-hybridized carbons (Fsp3) is 0.200. The van der Waals surface area contributed by atoms with E-state index in [2.05, 4.69) is 22.9 Å². The summed E-state index contributed by atoms with van der Waals surface area (Å²) in [7, 11) is 0. The molecule has 5 heteroatoms. The molecule has 0 radical (unpaired) electrons.